The summed E-state index contributed by atoms with van der Waals surface area (Å²) in [6.45, 7) is 0.754. The monoisotopic (exact) mass is 283 g/mol. The van der Waals surface area contributed by atoms with Crippen molar-refractivity contribution in [2.75, 3.05) is 12.4 Å². The predicted octanol–water partition coefficient (Wildman–Crippen LogP) is 1.04. The minimum Gasteiger partial charge on any atom is -0.344 e. The van der Waals surface area contributed by atoms with Gasteiger partial charge >= 0.3 is 0 Å². The Balaban J connectivity index is 0.00000180. The summed E-state index contributed by atoms with van der Waals surface area (Å²) in [6.07, 6.45) is 0.999. The number of carbonyl (C=O) groups excluding carboxylic acids is 2. The molecule has 0 unspecified atom stereocenters. The molecule has 1 fully saturated rings. The number of carbonyl (C=O) groups is 2. The Labute approximate surface area is 118 Å². The molecule has 0 spiro atoms. The van der Waals surface area contributed by atoms with Crippen LogP contribution >= 0.6 is 12.4 Å². The van der Waals surface area contributed by atoms with E-state index in [1.807, 2.05) is 31.3 Å². The van der Waals surface area contributed by atoms with E-state index in [-0.39, 0.29) is 24.2 Å². The number of rotatable bonds is 4. The Kier molecular flexibility index (Phi) is 5.79. The zero-order valence-corrected chi connectivity index (χ0v) is 11.5. The molecule has 0 radical (unpaired) electrons. The van der Waals surface area contributed by atoms with Gasteiger partial charge in [0.05, 0.1) is 0 Å². The van der Waals surface area contributed by atoms with E-state index in [9.17, 15) is 9.59 Å². The van der Waals surface area contributed by atoms with Gasteiger partial charge in [0.1, 0.15) is 6.04 Å². The third-order valence-corrected chi connectivity index (χ3v) is 2.89. The topological polar surface area (TPSA) is 70.2 Å². The molecule has 5 nitrogen and oxygen atoms in total. The fraction of sp³-hybridized carbons (Fsp3) is 0.385. The number of hydrogen-bond donors (Lipinski definition) is 3. The summed E-state index contributed by atoms with van der Waals surface area (Å²) in [7, 11) is 1.87. The van der Waals surface area contributed by atoms with Crippen molar-refractivity contribution in [3.8, 4) is 0 Å². The van der Waals surface area contributed by atoms with E-state index in [1.165, 1.54) is 0 Å². The normalized spacial score (nSPS) is 17.5. The van der Waals surface area contributed by atoms with E-state index in [4.69, 9.17) is 0 Å². The van der Waals surface area contributed by atoms with Gasteiger partial charge in [-0.2, -0.15) is 0 Å². The van der Waals surface area contributed by atoms with Gasteiger partial charge in [0.25, 0.3) is 0 Å². The van der Waals surface area contributed by atoms with Crippen molar-refractivity contribution in [1.82, 2.24) is 10.6 Å². The smallest absolute Gasteiger partial charge is 0.246 e. The highest BCUT2D eigenvalue weighted by atomic mass is 35.5. The lowest BCUT2D eigenvalue weighted by Crippen LogP contribution is -2.37. The molecule has 1 aliphatic heterocycles. The van der Waals surface area contributed by atoms with Gasteiger partial charge in [0, 0.05) is 18.7 Å². The van der Waals surface area contributed by atoms with Crippen LogP contribution in [0.3, 0.4) is 0 Å². The van der Waals surface area contributed by atoms with E-state index in [0.717, 1.165) is 17.8 Å². The van der Waals surface area contributed by atoms with Gasteiger partial charge < -0.3 is 16.0 Å². The van der Waals surface area contributed by atoms with Gasteiger partial charge in [-0.05, 0) is 31.2 Å². The molecule has 6 heteroatoms. The van der Waals surface area contributed by atoms with E-state index in [2.05, 4.69) is 16.0 Å². The van der Waals surface area contributed by atoms with Crippen molar-refractivity contribution in [3.63, 3.8) is 0 Å². The second-order valence-corrected chi connectivity index (χ2v) is 4.38. The molecule has 0 aromatic heterocycles. The lowest BCUT2D eigenvalue weighted by molar-refractivity contribution is -0.122. The molecule has 1 aromatic rings. The van der Waals surface area contributed by atoms with Gasteiger partial charge in [0.2, 0.25) is 11.8 Å². The van der Waals surface area contributed by atoms with E-state index in [0.29, 0.717) is 12.8 Å². The molecule has 3 N–H and O–H groups in total. The lowest BCUT2D eigenvalue weighted by atomic mass is 10.1. The van der Waals surface area contributed by atoms with Gasteiger partial charge in [-0.1, -0.05) is 12.1 Å². The summed E-state index contributed by atoms with van der Waals surface area (Å²) in [6, 6.07) is 7.25. The Bertz CT molecular complexity index is 465. The maximum atomic E-state index is 11.9. The molecule has 1 heterocycles. The highest BCUT2D eigenvalue weighted by Gasteiger charge is 2.26. The zero-order chi connectivity index (χ0) is 13.0. The lowest BCUT2D eigenvalue weighted by Gasteiger charge is -2.11. The predicted molar refractivity (Wildman–Crippen MR) is 76.2 cm³/mol. The molecule has 0 aliphatic carbocycles. The Morgan fingerprint density at radius 2 is 2.26 bits per heavy atom. The van der Waals surface area contributed by atoms with Gasteiger partial charge in [-0.15, -0.1) is 12.4 Å². The third-order valence-electron chi connectivity index (χ3n) is 2.89. The first-order valence-electron chi connectivity index (χ1n) is 6.03. The summed E-state index contributed by atoms with van der Waals surface area (Å²) in [5.74, 6) is -0.207. The average Bonchev–Trinajstić information content (AvgIpc) is 2.77. The van der Waals surface area contributed by atoms with Crippen LogP contribution in [-0.4, -0.2) is 24.9 Å². The summed E-state index contributed by atoms with van der Waals surface area (Å²) in [5.41, 5.74) is 1.86. The fourth-order valence-corrected chi connectivity index (χ4v) is 2.00. The first-order valence-corrected chi connectivity index (χ1v) is 6.03. The quantitative estimate of drug-likeness (QED) is 0.773. The molecule has 104 valence electrons. The van der Waals surface area contributed by atoms with Crippen molar-refractivity contribution in [3.05, 3.63) is 29.8 Å². The second-order valence-electron chi connectivity index (χ2n) is 4.38. The van der Waals surface area contributed by atoms with Crippen molar-refractivity contribution >= 4 is 29.9 Å². The average molecular weight is 284 g/mol. The molecule has 1 aliphatic rings. The van der Waals surface area contributed by atoms with Crippen LogP contribution in [0.4, 0.5) is 5.69 Å². The molecule has 1 aromatic carbocycles. The standard InChI is InChI=1S/C13H17N3O2.ClH/c1-14-8-9-3-2-4-10(7-9)15-13(18)11-5-6-12(17)16-11;/h2-4,7,11,14H,5-6,8H2,1H3,(H,15,18)(H,16,17);1H/t11-;/m1./s1. The van der Waals surface area contributed by atoms with Crippen LogP contribution in [0.2, 0.25) is 0 Å². The van der Waals surface area contributed by atoms with Gasteiger partial charge in [-0.3, -0.25) is 9.59 Å². The molecule has 0 bridgehead atoms. The number of nitrogens with one attached hydrogen (secondary N) is 3. The Morgan fingerprint density at radius 1 is 1.47 bits per heavy atom. The van der Waals surface area contributed by atoms with Crippen molar-refractivity contribution in [2.24, 2.45) is 0 Å². The minimum atomic E-state index is -0.398. The molecule has 2 amide bonds. The number of anilines is 1. The number of amides is 2. The molecular formula is C13H18ClN3O2. The maximum absolute atomic E-state index is 11.9. The largest absolute Gasteiger partial charge is 0.344 e. The second kappa shape index (κ2) is 7.11. The first kappa shape index (κ1) is 15.5. The molecular weight excluding hydrogens is 266 g/mol. The van der Waals surface area contributed by atoms with Crippen LogP contribution in [-0.2, 0) is 16.1 Å². The number of benzene rings is 1. The number of halogens is 1. The first-order chi connectivity index (χ1) is 8.69. The van der Waals surface area contributed by atoms with E-state index < -0.39 is 6.04 Å². The van der Waals surface area contributed by atoms with Crippen LogP contribution in [0.15, 0.2) is 24.3 Å². The molecule has 2 rings (SSSR count). The molecule has 1 atom stereocenters. The Morgan fingerprint density at radius 3 is 2.89 bits per heavy atom. The summed E-state index contributed by atoms with van der Waals surface area (Å²) in [5, 5.41) is 8.53. The SMILES string of the molecule is CNCc1cccc(NC(=O)[C@H]2CCC(=O)N2)c1.Cl. The molecule has 1 saturated heterocycles. The highest BCUT2D eigenvalue weighted by Crippen LogP contribution is 2.13. The Hall–Kier alpha value is -1.59. The van der Waals surface area contributed by atoms with Crippen LogP contribution in [0.5, 0.6) is 0 Å². The van der Waals surface area contributed by atoms with Crippen LogP contribution in [0.25, 0.3) is 0 Å². The van der Waals surface area contributed by atoms with Crippen molar-refractivity contribution < 1.29 is 9.59 Å². The van der Waals surface area contributed by atoms with Crippen molar-refractivity contribution in [1.29, 1.82) is 0 Å². The van der Waals surface area contributed by atoms with Gasteiger partial charge in [-0.25, -0.2) is 0 Å². The summed E-state index contributed by atoms with van der Waals surface area (Å²) in [4.78, 5) is 22.9. The minimum absolute atomic E-state index is 0. The van der Waals surface area contributed by atoms with Crippen LogP contribution in [0.1, 0.15) is 18.4 Å². The molecule has 0 saturated carbocycles. The van der Waals surface area contributed by atoms with Crippen LogP contribution in [0, 0.1) is 0 Å². The highest BCUT2D eigenvalue weighted by molar-refractivity contribution is 5.98. The van der Waals surface area contributed by atoms with E-state index in [1.54, 1.807) is 0 Å². The van der Waals surface area contributed by atoms with Crippen LogP contribution < -0.4 is 16.0 Å². The maximum Gasteiger partial charge on any atom is 0.246 e. The van der Waals surface area contributed by atoms with Crippen molar-refractivity contribution in [2.45, 2.75) is 25.4 Å². The third kappa shape index (κ3) is 4.22. The summed E-state index contributed by atoms with van der Waals surface area (Å²) >= 11 is 0. The molecule has 19 heavy (non-hydrogen) atoms. The number of hydrogen-bond acceptors (Lipinski definition) is 3. The fourth-order valence-electron chi connectivity index (χ4n) is 2.00. The van der Waals surface area contributed by atoms with E-state index >= 15 is 0 Å². The zero-order valence-electron chi connectivity index (χ0n) is 10.7. The summed E-state index contributed by atoms with van der Waals surface area (Å²) < 4.78 is 0. The van der Waals surface area contributed by atoms with Gasteiger partial charge in [0.15, 0.2) is 0 Å².